The number of methoxy groups -OCH3 is 1. The van der Waals surface area contributed by atoms with Crippen molar-refractivity contribution in [3.05, 3.63) is 95.3 Å². The van der Waals surface area contributed by atoms with Crippen molar-refractivity contribution < 1.29 is 28.2 Å². The molecule has 0 aliphatic heterocycles. The summed E-state index contributed by atoms with van der Waals surface area (Å²) in [6.45, 7) is 6.72. The predicted molar refractivity (Wildman–Crippen MR) is 144 cm³/mol. The second-order valence-electron chi connectivity index (χ2n) is 9.78. The van der Waals surface area contributed by atoms with Crippen LogP contribution in [0.2, 0.25) is 0 Å². The Hall–Kier alpha value is -4.07. The lowest BCUT2D eigenvalue weighted by Crippen LogP contribution is -2.36. The SMILES string of the molecule is COc1cc(C(=O)N(CCCNC(=O)OC(C)(C)C)Cc2ccc(F)cc2)ccc1OCc1ccccc1. The average molecular weight is 523 g/mol. The van der Waals surface area contributed by atoms with Gasteiger partial charge >= 0.3 is 6.09 Å². The second-order valence-corrected chi connectivity index (χ2v) is 9.78. The van der Waals surface area contributed by atoms with Gasteiger partial charge in [0.1, 0.15) is 18.0 Å². The van der Waals surface area contributed by atoms with Crippen molar-refractivity contribution in [2.75, 3.05) is 20.2 Å². The average Bonchev–Trinajstić information content (AvgIpc) is 2.89. The second kappa shape index (κ2) is 13.5. The van der Waals surface area contributed by atoms with Gasteiger partial charge in [-0.25, -0.2) is 9.18 Å². The first-order valence-corrected chi connectivity index (χ1v) is 12.5. The summed E-state index contributed by atoms with van der Waals surface area (Å²) in [5, 5.41) is 2.71. The van der Waals surface area contributed by atoms with Gasteiger partial charge in [0.15, 0.2) is 11.5 Å². The van der Waals surface area contributed by atoms with Crippen LogP contribution in [0.1, 0.15) is 48.7 Å². The van der Waals surface area contributed by atoms with Crippen LogP contribution in [0.15, 0.2) is 72.8 Å². The summed E-state index contributed by atoms with van der Waals surface area (Å²) < 4.78 is 30.1. The molecule has 0 bridgehead atoms. The lowest BCUT2D eigenvalue weighted by molar-refractivity contribution is 0.0525. The predicted octanol–water partition coefficient (Wildman–Crippen LogP) is 5.97. The third-order valence-corrected chi connectivity index (χ3v) is 5.49. The molecule has 0 aromatic heterocycles. The van der Waals surface area contributed by atoms with Crippen LogP contribution >= 0.6 is 0 Å². The Morgan fingerprint density at radius 1 is 0.921 bits per heavy atom. The maximum atomic E-state index is 13.5. The monoisotopic (exact) mass is 522 g/mol. The van der Waals surface area contributed by atoms with E-state index >= 15 is 0 Å². The van der Waals surface area contributed by atoms with Crippen molar-refractivity contribution in [1.82, 2.24) is 10.2 Å². The number of ether oxygens (including phenoxy) is 3. The quantitative estimate of drug-likeness (QED) is 0.314. The summed E-state index contributed by atoms with van der Waals surface area (Å²) in [6, 6.07) is 20.9. The Morgan fingerprint density at radius 2 is 1.63 bits per heavy atom. The van der Waals surface area contributed by atoms with Gasteiger partial charge in [0.25, 0.3) is 5.91 Å². The van der Waals surface area contributed by atoms with E-state index in [0.29, 0.717) is 43.2 Å². The van der Waals surface area contributed by atoms with Gasteiger partial charge in [-0.1, -0.05) is 42.5 Å². The zero-order valence-electron chi connectivity index (χ0n) is 22.3. The Bertz CT molecular complexity index is 1190. The molecule has 0 spiro atoms. The van der Waals surface area contributed by atoms with E-state index in [0.717, 1.165) is 11.1 Å². The molecule has 38 heavy (non-hydrogen) atoms. The van der Waals surface area contributed by atoms with Crippen molar-refractivity contribution in [1.29, 1.82) is 0 Å². The minimum Gasteiger partial charge on any atom is -0.493 e. The summed E-state index contributed by atoms with van der Waals surface area (Å²) in [6.07, 6.45) is -0.00793. The molecule has 0 radical (unpaired) electrons. The van der Waals surface area contributed by atoms with E-state index in [9.17, 15) is 14.0 Å². The molecular formula is C30H35FN2O5. The number of hydrogen-bond donors (Lipinski definition) is 1. The fourth-order valence-electron chi connectivity index (χ4n) is 3.67. The smallest absolute Gasteiger partial charge is 0.407 e. The minimum absolute atomic E-state index is 0.223. The summed E-state index contributed by atoms with van der Waals surface area (Å²) in [7, 11) is 1.53. The van der Waals surface area contributed by atoms with Crippen LogP contribution in [-0.2, 0) is 17.9 Å². The molecule has 0 heterocycles. The molecule has 202 valence electrons. The number of halogens is 1. The highest BCUT2D eigenvalue weighted by atomic mass is 19.1. The first-order chi connectivity index (χ1) is 18.1. The molecule has 3 rings (SSSR count). The lowest BCUT2D eigenvalue weighted by Gasteiger charge is -2.24. The van der Waals surface area contributed by atoms with E-state index in [1.54, 1.807) is 56.0 Å². The van der Waals surface area contributed by atoms with E-state index in [1.807, 2.05) is 30.3 Å². The van der Waals surface area contributed by atoms with Crippen molar-refractivity contribution in [3.8, 4) is 11.5 Å². The van der Waals surface area contributed by atoms with Gasteiger partial charge in [0.05, 0.1) is 7.11 Å². The molecule has 0 aliphatic rings. The van der Waals surface area contributed by atoms with Crippen LogP contribution in [-0.4, -0.2) is 42.7 Å². The fraction of sp³-hybridized carbons (Fsp3) is 0.333. The largest absolute Gasteiger partial charge is 0.493 e. The molecule has 7 nitrogen and oxygen atoms in total. The summed E-state index contributed by atoms with van der Waals surface area (Å²) in [5.74, 6) is 0.406. The van der Waals surface area contributed by atoms with E-state index < -0.39 is 11.7 Å². The first kappa shape index (κ1) is 28.5. The highest BCUT2D eigenvalue weighted by molar-refractivity contribution is 5.95. The fourth-order valence-corrected chi connectivity index (χ4v) is 3.67. The van der Waals surface area contributed by atoms with E-state index in [1.165, 1.54) is 19.2 Å². The van der Waals surface area contributed by atoms with Gasteiger partial charge in [-0.05, 0) is 68.7 Å². The molecule has 0 unspecified atom stereocenters. The number of carbonyl (C=O) groups excluding carboxylic acids is 2. The molecule has 2 amide bonds. The Morgan fingerprint density at radius 3 is 2.29 bits per heavy atom. The zero-order chi connectivity index (χ0) is 27.5. The summed E-state index contributed by atoms with van der Waals surface area (Å²) >= 11 is 0. The molecule has 1 N–H and O–H groups in total. The van der Waals surface area contributed by atoms with Crippen molar-refractivity contribution >= 4 is 12.0 Å². The van der Waals surface area contributed by atoms with Crippen molar-refractivity contribution in [3.63, 3.8) is 0 Å². The molecule has 0 saturated carbocycles. The lowest BCUT2D eigenvalue weighted by atomic mass is 10.1. The number of nitrogens with one attached hydrogen (secondary N) is 1. The van der Waals surface area contributed by atoms with Gasteiger partial charge in [-0.15, -0.1) is 0 Å². The van der Waals surface area contributed by atoms with Crippen LogP contribution in [0.3, 0.4) is 0 Å². The summed E-state index contributed by atoms with van der Waals surface area (Å²) in [5.41, 5.74) is 1.64. The van der Waals surface area contributed by atoms with Gasteiger partial charge < -0.3 is 24.4 Å². The standard InChI is InChI=1S/C30H35FN2O5/c1-30(2,3)38-29(35)32-17-8-18-33(20-22-11-14-25(31)15-12-22)28(34)24-13-16-26(27(19-24)36-4)37-21-23-9-6-5-7-10-23/h5-7,9-16,19H,8,17-18,20-21H2,1-4H3,(H,32,35). The summed E-state index contributed by atoms with van der Waals surface area (Å²) in [4.78, 5) is 27.1. The van der Waals surface area contributed by atoms with Crippen molar-refractivity contribution in [2.24, 2.45) is 0 Å². The first-order valence-electron chi connectivity index (χ1n) is 12.5. The molecule has 3 aromatic carbocycles. The van der Waals surface area contributed by atoms with Crippen LogP contribution in [0.25, 0.3) is 0 Å². The third kappa shape index (κ3) is 9.10. The molecule has 0 atom stereocenters. The molecule has 3 aromatic rings. The van der Waals surface area contributed by atoms with E-state index in [2.05, 4.69) is 5.32 Å². The number of amides is 2. The molecule has 0 saturated heterocycles. The van der Waals surface area contributed by atoms with E-state index in [4.69, 9.17) is 14.2 Å². The number of benzene rings is 3. The minimum atomic E-state index is -0.593. The molecule has 8 heteroatoms. The molecule has 0 aliphatic carbocycles. The number of rotatable bonds is 11. The molecular weight excluding hydrogens is 487 g/mol. The van der Waals surface area contributed by atoms with Gasteiger partial charge in [-0.3, -0.25) is 4.79 Å². The maximum Gasteiger partial charge on any atom is 0.407 e. The topological polar surface area (TPSA) is 77.1 Å². The van der Waals surface area contributed by atoms with Gasteiger partial charge in [-0.2, -0.15) is 0 Å². The molecule has 0 fully saturated rings. The van der Waals surface area contributed by atoms with Gasteiger partial charge in [0.2, 0.25) is 0 Å². The van der Waals surface area contributed by atoms with Crippen LogP contribution in [0.4, 0.5) is 9.18 Å². The van der Waals surface area contributed by atoms with Crippen LogP contribution in [0, 0.1) is 5.82 Å². The zero-order valence-corrected chi connectivity index (χ0v) is 22.3. The highest BCUT2D eigenvalue weighted by Crippen LogP contribution is 2.29. The van der Waals surface area contributed by atoms with Crippen LogP contribution in [0.5, 0.6) is 11.5 Å². The Balaban J connectivity index is 1.70. The Labute approximate surface area is 223 Å². The normalized spacial score (nSPS) is 11.0. The number of nitrogens with zero attached hydrogens (tertiary/aromatic N) is 1. The number of alkyl carbamates (subject to hydrolysis) is 1. The number of carbonyl (C=O) groups is 2. The highest BCUT2D eigenvalue weighted by Gasteiger charge is 2.20. The Kier molecular flexibility index (Phi) is 10.1. The maximum absolute atomic E-state index is 13.5. The van der Waals surface area contributed by atoms with Crippen LogP contribution < -0.4 is 14.8 Å². The van der Waals surface area contributed by atoms with E-state index in [-0.39, 0.29) is 18.3 Å². The number of hydrogen-bond acceptors (Lipinski definition) is 5. The van der Waals surface area contributed by atoms with Gasteiger partial charge in [0, 0.05) is 25.2 Å². The third-order valence-electron chi connectivity index (χ3n) is 5.49. The van der Waals surface area contributed by atoms with Crippen molar-refractivity contribution in [2.45, 2.75) is 45.9 Å².